The van der Waals surface area contributed by atoms with E-state index in [0.717, 1.165) is 19.4 Å². The van der Waals surface area contributed by atoms with Gasteiger partial charge in [-0.25, -0.2) is 0 Å². The summed E-state index contributed by atoms with van der Waals surface area (Å²) in [5.74, 6) is -0.686. The Labute approximate surface area is 101 Å². The van der Waals surface area contributed by atoms with Gasteiger partial charge in [0.15, 0.2) is 0 Å². The number of aliphatic carboxylic acids is 1. The molecule has 0 aromatic heterocycles. The molecule has 96 valence electrons. The Bertz CT molecular complexity index is 326. The molecular formula is C12H20N2O3. The van der Waals surface area contributed by atoms with Crippen LogP contribution in [0, 0.1) is 5.41 Å². The normalized spacial score (nSPS) is 33.0. The minimum atomic E-state index is -0.769. The maximum Gasteiger partial charge on any atom is 0.311 e. The van der Waals surface area contributed by atoms with Gasteiger partial charge in [-0.05, 0) is 32.2 Å². The lowest BCUT2D eigenvalue weighted by atomic mass is 9.84. The average molecular weight is 240 g/mol. The summed E-state index contributed by atoms with van der Waals surface area (Å²) in [6, 6.07) is -0.0866. The second-order valence-electron chi connectivity index (χ2n) is 5.10. The summed E-state index contributed by atoms with van der Waals surface area (Å²) in [5.41, 5.74) is -0.714. The molecule has 2 N–H and O–H groups in total. The van der Waals surface area contributed by atoms with Crippen LogP contribution >= 0.6 is 0 Å². The lowest BCUT2D eigenvalue weighted by Gasteiger charge is -2.24. The average Bonchev–Trinajstić information content (AvgIpc) is 2.98. The Morgan fingerprint density at radius 2 is 2.29 bits per heavy atom. The summed E-state index contributed by atoms with van der Waals surface area (Å²) in [6.45, 7) is 3.73. The molecule has 0 radical (unpaired) electrons. The summed E-state index contributed by atoms with van der Waals surface area (Å²) < 4.78 is 0. The quantitative estimate of drug-likeness (QED) is 0.751. The molecule has 0 spiro atoms. The third-order valence-corrected chi connectivity index (χ3v) is 4.15. The van der Waals surface area contributed by atoms with Gasteiger partial charge in [-0.1, -0.05) is 6.92 Å². The van der Waals surface area contributed by atoms with Crippen molar-refractivity contribution in [1.29, 1.82) is 0 Å². The van der Waals surface area contributed by atoms with Gasteiger partial charge >= 0.3 is 5.97 Å². The standard InChI is InChI=1S/C12H20N2O3/c1-2-12(11(16)17)5-7-14(8-12)10(15)9-4-3-6-13-9/h9,13H,2-8H2,1H3,(H,16,17). The molecule has 2 aliphatic rings. The lowest BCUT2D eigenvalue weighted by molar-refractivity contribution is -0.148. The summed E-state index contributed by atoms with van der Waals surface area (Å²) in [5, 5.41) is 12.4. The van der Waals surface area contributed by atoms with Gasteiger partial charge in [-0.3, -0.25) is 9.59 Å². The second-order valence-corrected chi connectivity index (χ2v) is 5.10. The van der Waals surface area contributed by atoms with Crippen molar-refractivity contribution >= 4 is 11.9 Å². The Morgan fingerprint density at radius 1 is 1.53 bits per heavy atom. The van der Waals surface area contributed by atoms with E-state index in [1.54, 1.807) is 4.90 Å². The van der Waals surface area contributed by atoms with Crippen molar-refractivity contribution in [2.45, 2.75) is 38.6 Å². The summed E-state index contributed by atoms with van der Waals surface area (Å²) >= 11 is 0. The van der Waals surface area contributed by atoms with Crippen molar-refractivity contribution in [3.05, 3.63) is 0 Å². The number of likely N-dealkylation sites (tertiary alicyclic amines) is 1. The number of nitrogens with one attached hydrogen (secondary N) is 1. The maximum absolute atomic E-state index is 12.1. The van der Waals surface area contributed by atoms with Crippen LogP contribution in [0.5, 0.6) is 0 Å². The van der Waals surface area contributed by atoms with Gasteiger partial charge in [-0.2, -0.15) is 0 Å². The molecule has 0 bridgehead atoms. The van der Waals surface area contributed by atoms with E-state index in [1.165, 1.54) is 0 Å². The van der Waals surface area contributed by atoms with Gasteiger partial charge < -0.3 is 15.3 Å². The zero-order valence-corrected chi connectivity index (χ0v) is 10.2. The van der Waals surface area contributed by atoms with Gasteiger partial charge in [0.1, 0.15) is 0 Å². The van der Waals surface area contributed by atoms with Crippen molar-refractivity contribution in [3.8, 4) is 0 Å². The molecule has 0 aromatic rings. The zero-order valence-electron chi connectivity index (χ0n) is 10.2. The van der Waals surface area contributed by atoms with E-state index in [-0.39, 0.29) is 11.9 Å². The number of hydrogen-bond donors (Lipinski definition) is 2. The van der Waals surface area contributed by atoms with E-state index in [0.29, 0.717) is 25.9 Å². The van der Waals surface area contributed by atoms with Crippen molar-refractivity contribution in [2.24, 2.45) is 5.41 Å². The van der Waals surface area contributed by atoms with Crippen LogP contribution in [0.15, 0.2) is 0 Å². The number of hydrogen-bond acceptors (Lipinski definition) is 3. The van der Waals surface area contributed by atoms with E-state index >= 15 is 0 Å². The Balaban J connectivity index is 2.01. The van der Waals surface area contributed by atoms with Crippen LogP contribution in [-0.2, 0) is 9.59 Å². The van der Waals surface area contributed by atoms with Gasteiger partial charge in [0.25, 0.3) is 0 Å². The van der Waals surface area contributed by atoms with Crippen LogP contribution in [0.4, 0.5) is 0 Å². The highest BCUT2D eigenvalue weighted by Gasteiger charge is 2.45. The number of carboxylic acid groups (broad SMARTS) is 1. The fourth-order valence-electron chi connectivity index (χ4n) is 2.79. The van der Waals surface area contributed by atoms with Crippen molar-refractivity contribution in [2.75, 3.05) is 19.6 Å². The molecule has 1 amide bonds. The number of carboxylic acids is 1. The van der Waals surface area contributed by atoms with E-state index < -0.39 is 11.4 Å². The maximum atomic E-state index is 12.1. The minimum absolute atomic E-state index is 0.0825. The number of rotatable bonds is 3. The predicted octanol–water partition coefficient (Wildman–Crippen LogP) is 0.452. The summed E-state index contributed by atoms with van der Waals surface area (Å²) in [4.78, 5) is 25.2. The van der Waals surface area contributed by atoms with E-state index in [2.05, 4.69) is 5.32 Å². The Hall–Kier alpha value is -1.10. The first-order valence-electron chi connectivity index (χ1n) is 6.34. The Morgan fingerprint density at radius 3 is 2.76 bits per heavy atom. The number of carbonyl (C=O) groups excluding carboxylic acids is 1. The van der Waals surface area contributed by atoms with Crippen molar-refractivity contribution < 1.29 is 14.7 Å². The third kappa shape index (κ3) is 2.16. The highest BCUT2D eigenvalue weighted by molar-refractivity contribution is 5.84. The molecule has 2 atom stereocenters. The van der Waals surface area contributed by atoms with Crippen molar-refractivity contribution in [1.82, 2.24) is 10.2 Å². The largest absolute Gasteiger partial charge is 0.481 e. The molecule has 5 nitrogen and oxygen atoms in total. The predicted molar refractivity (Wildman–Crippen MR) is 62.6 cm³/mol. The van der Waals surface area contributed by atoms with Crippen LogP contribution in [-0.4, -0.2) is 47.6 Å². The molecule has 17 heavy (non-hydrogen) atoms. The van der Waals surface area contributed by atoms with Crippen LogP contribution in [0.25, 0.3) is 0 Å². The van der Waals surface area contributed by atoms with E-state index in [4.69, 9.17) is 0 Å². The van der Waals surface area contributed by atoms with Crippen LogP contribution in [0.1, 0.15) is 32.6 Å². The molecule has 0 saturated carbocycles. The highest BCUT2D eigenvalue weighted by Crippen LogP contribution is 2.34. The molecule has 5 heteroatoms. The molecule has 0 aromatic carbocycles. The Kier molecular flexibility index (Phi) is 3.38. The molecule has 2 saturated heterocycles. The third-order valence-electron chi connectivity index (χ3n) is 4.15. The molecule has 2 fully saturated rings. The lowest BCUT2D eigenvalue weighted by Crippen LogP contribution is -2.44. The van der Waals surface area contributed by atoms with Crippen molar-refractivity contribution in [3.63, 3.8) is 0 Å². The van der Waals surface area contributed by atoms with E-state index in [9.17, 15) is 14.7 Å². The zero-order chi connectivity index (χ0) is 12.5. The highest BCUT2D eigenvalue weighted by atomic mass is 16.4. The topological polar surface area (TPSA) is 69.6 Å². The van der Waals surface area contributed by atoms with Gasteiger partial charge in [0, 0.05) is 13.1 Å². The first kappa shape index (κ1) is 12.4. The van der Waals surface area contributed by atoms with Crippen LogP contribution in [0.3, 0.4) is 0 Å². The molecular weight excluding hydrogens is 220 g/mol. The second kappa shape index (κ2) is 4.64. The fourth-order valence-corrected chi connectivity index (χ4v) is 2.79. The molecule has 0 aliphatic carbocycles. The van der Waals surface area contributed by atoms with Gasteiger partial charge in [0.05, 0.1) is 11.5 Å². The number of amides is 1. The van der Waals surface area contributed by atoms with Crippen LogP contribution in [0.2, 0.25) is 0 Å². The first-order chi connectivity index (χ1) is 8.09. The molecule has 2 unspecified atom stereocenters. The summed E-state index contributed by atoms with van der Waals surface area (Å²) in [6.07, 6.45) is 3.07. The molecule has 2 rings (SSSR count). The molecule has 2 aliphatic heterocycles. The molecule has 2 heterocycles. The number of carbonyl (C=O) groups is 2. The van der Waals surface area contributed by atoms with Gasteiger partial charge in [0.2, 0.25) is 5.91 Å². The van der Waals surface area contributed by atoms with Gasteiger partial charge in [-0.15, -0.1) is 0 Å². The fraction of sp³-hybridized carbons (Fsp3) is 0.833. The SMILES string of the molecule is CCC1(C(=O)O)CCN(C(=O)C2CCCN2)C1. The monoisotopic (exact) mass is 240 g/mol. The minimum Gasteiger partial charge on any atom is -0.481 e. The van der Waals surface area contributed by atoms with E-state index in [1.807, 2.05) is 6.92 Å². The first-order valence-corrected chi connectivity index (χ1v) is 6.34. The smallest absolute Gasteiger partial charge is 0.311 e. The number of nitrogens with zero attached hydrogens (tertiary/aromatic N) is 1. The van der Waals surface area contributed by atoms with Crippen LogP contribution < -0.4 is 5.32 Å². The summed E-state index contributed by atoms with van der Waals surface area (Å²) in [7, 11) is 0.